The highest BCUT2D eigenvalue weighted by Gasteiger charge is 2.36. The van der Waals surface area contributed by atoms with Gasteiger partial charge in [-0.25, -0.2) is 0 Å². The van der Waals surface area contributed by atoms with Gasteiger partial charge in [0.05, 0.1) is 24.2 Å². The molecular weight excluding hydrogens is 298 g/mol. The van der Waals surface area contributed by atoms with Gasteiger partial charge in [0.1, 0.15) is 0 Å². The molecule has 2 aromatic rings. The van der Waals surface area contributed by atoms with Gasteiger partial charge in [0.15, 0.2) is 0 Å². The summed E-state index contributed by atoms with van der Waals surface area (Å²) < 4.78 is 2.06. The van der Waals surface area contributed by atoms with E-state index in [1.165, 1.54) is 16.8 Å². The molecule has 1 saturated heterocycles. The van der Waals surface area contributed by atoms with Crippen molar-refractivity contribution in [3.8, 4) is 0 Å². The Bertz CT molecular complexity index is 764. The lowest BCUT2D eigenvalue weighted by atomic mass is 9.99. The molecule has 2 heterocycles. The number of nitrogens with zero attached hydrogens (tertiary/aromatic N) is 3. The van der Waals surface area contributed by atoms with E-state index in [-0.39, 0.29) is 12.0 Å². The van der Waals surface area contributed by atoms with Crippen LogP contribution in [0.2, 0.25) is 0 Å². The molecule has 0 N–H and O–H groups in total. The van der Waals surface area contributed by atoms with Crippen molar-refractivity contribution < 1.29 is 4.79 Å². The number of rotatable bonds is 3. The number of carbonyl (C=O) groups is 1. The number of aryl methyl sites for hydroxylation is 3. The van der Waals surface area contributed by atoms with Crippen molar-refractivity contribution >= 4 is 5.91 Å². The van der Waals surface area contributed by atoms with Gasteiger partial charge in [-0.3, -0.25) is 9.48 Å². The molecule has 4 heteroatoms. The summed E-state index contributed by atoms with van der Waals surface area (Å²) in [6.07, 6.45) is 4.17. The SMILES string of the molecule is Cc1cc(C)n(C[C@H]2CCCN2C(=O)[C@H]2CCc3ccccc32)n1. The van der Waals surface area contributed by atoms with Crippen molar-refractivity contribution in [2.45, 2.75) is 58.0 Å². The van der Waals surface area contributed by atoms with Gasteiger partial charge in [-0.1, -0.05) is 24.3 Å². The van der Waals surface area contributed by atoms with E-state index in [9.17, 15) is 4.79 Å². The van der Waals surface area contributed by atoms with Crippen molar-refractivity contribution in [1.82, 2.24) is 14.7 Å². The molecule has 1 aromatic carbocycles. The Morgan fingerprint density at radius 2 is 2.08 bits per heavy atom. The van der Waals surface area contributed by atoms with Gasteiger partial charge >= 0.3 is 0 Å². The summed E-state index contributed by atoms with van der Waals surface area (Å²) >= 11 is 0. The van der Waals surface area contributed by atoms with Crippen LogP contribution >= 0.6 is 0 Å². The number of carbonyl (C=O) groups excluding carboxylic acids is 1. The smallest absolute Gasteiger partial charge is 0.230 e. The number of aromatic nitrogens is 2. The molecule has 4 rings (SSSR count). The molecule has 24 heavy (non-hydrogen) atoms. The van der Waals surface area contributed by atoms with Crippen LogP contribution in [0.1, 0.15) is 47.7 Å². The minimum Gasteiger partial charge on any atom is -0.337 e. The summed E-state index contributed by atoms with van der Waals surface area (Å²) in [5.74, 6) is 0.381. The van der Waals surface area contributed by atoms with E-state index in [4.69, 9.17) is 0 Å². The summed E-state index contributed by atoms with van der Waals surface area (Å²) in [6, 6.07) is 10.8. The molecule has 2 aliphatic rings. The summed E-state index contributed by atoms with van der Waals surface area (Å²) in [4.78, 5) is 15.3. The maximum Gasteiger partial charge on any atom is 0.230 e. The van der Waals surface area contributed by atoms with E-state index in [0.29, 0.717) is 5.91 Å². The van der Waals surface area contributed by atoms with Gasteiger partial charge in [-0.05, 0) is 56.7 Å². The zero-order valence-electron chi connectivity index (χ0n) is 14.5. The van der Waals surface area contributed by atoms with E-state index in [2.05, 4.69) is 51.9 Å². The molecule has 1 amide bonds. The maximum absolute atomic E-state index is 13.2. The monoisotopic (exact) mass is 323 g/mol. The van der Waals surface area contributed by atoms with E-state index in [1.54, 1.807) is 0 Å². The minimum absolute atomic E-state index is 0.0576. The number of hydrogen-bond donors (Lipinski definition) is 0. The molecule has 2 atom stereocenters. The number of amides is 1. The van der Waals surface area contributed by atoms with Crippen LogP contribution in [0.15, 0.2) is 30.3 Å². The van der Waals surface area contributed by atoms with Gasteiger partial charge in [-0.15, -0.1) is 0 Å². The molecule has 0 saturated carbocycles. The summed E-state index contributed by atoms with van der Waals surface area (Å²) in [6.45, 7) is 5.83. The lowest BCUT2D eigenvalue weighted by molar-refractivity contribution is -0.133. The van der Waals surface area contributed by atoms with Gasteiger partial charge in [-0.2, -0.15) is 5.10 Å². The normalized spacial score (nSPS) is 22.8. The average molecular weight is 323 g/mol. The Hall–Kier alpha value is -2.10. The van der Waals surface area contributed by atoms with Crippen LogP contribution < -0.4 is 0 Å². The highest BCUT2D eigenvalue weighted by Crippen LogP contribution is 2.36. The first-order valence-corrected chi connectivity index (χ1v) is 9.03. The third kappa shape index (κ3) is 2.64. The Morgan fingerprint density at radius 3 is 2.88 bits per heavy atom. The first-order chi connectivity index (χ1) is 11.6. The van der Waals surface area contributed by atoms with Gasteiger partial charge < -0.3 is 4.90 Å². The predicted molar refractivity (Wildman–Crippen MR) is 93.9 cm³/mol. The van der Waals surface area contributed by atoms with Crippen molar-refractivity contribution in [3.05, 3.63) is 52.8 Å². The molecule has 4 nitrogen and oxygen atoms in total. The summed E-state index contributed by atoms with van der Waals surface area (Å²) in [7, 11) is 0. The van der Waals surface area contributed by atoms with Gasteiger partial charge in [0.2, 0.25) is 5.91 Å². The van der Waals surface area contributed by atoms with E-state index in [0.717, 1.165) is 44.5 Å². The van der Waals surface area contributed by atoms with Crippen molar-refractivity contribution in [3.63, 3.8) is 0 Å². The fourth-order valence-corrected chi connectivity index (χ4v) is 4.39. The second-order valence-corrected chi connectivity index (χ2v) is 7.23. The molecule has 0 radical (unpaired) electrons. The maximum atomic E-state index is 13.2. The quantitative estimate of drug-likeness (QED) is 0.870. The topological polar surface area (TPSA) is 38.1 Å². The van der Waals surface area contributed by atoms with Gasteiger partial charge in [0, 0.05) is 12.2 Å². The third-order valence-electron chi connectivity index (χ3n) is 5.58. The zero-order valence-corrected chi connectivity index (χ0v) is 14.5. The van der Waals surface area contributed by atoms with Crippen LogP contribution in [0.5, 0.6) is 0 Å². The molecule has 1 aliphatic carbocycles. The number of hydrogen-bond acceptors (Lipinski definition) is 2. The molecule has 1 fully saturated rings. The van der Waals surface area contributed by atoms with Crippen LogP contribution in [-0.2, 0) is 17.8 Å². The van der Waals surface area contributed by atoms with Crippen molar-refractivity contribution in [1.29, 1.82) is 0 Å². The molecule has 0 unspecified atom stereocenters. The second kappa shape index (κ2) is 6.08. The van der Waals surface area contributed by atoms with Crippen LogP contribution in [0.3, 0.4) is 0 Å². The first-order valence-electron chi connectivity index (χ1n) is 9.03. The highest BCUT2D eigenvalue weighted by atomic mass is 16.2. The van der Waals surface area contributed by atoms with Gasteiger partial charge in [0.25, 0.3) is 0 Å². The van der Waals surface area contributed by atoms with Crippen LogP contribution in [0, 0.1) is 13.8 Å². The Morgan fingerprint density at radius 1 is 1.25 bits per heavy atom. The van der Waals surface area contributed by atoms with Crippen molar-refractivity contribution in [2.75, 3.05) is 6.54 Å². The number of fused-ring (bicyclic) bond motifs is 1. The third-order valence-corrected chi connectivity index (χ3v) is 5.58. The van der Waals surface area contributed by atoms with E-state index in [1.807, 2.05) is 6.92 Å². The standard InChI is InChI=1S/C20H25N3O/c1-14-12-15(2)23(21-14)13-17-7-5-11-22(17)20(24)19-10-9-16-6-3-4-8-18(16)19/h3-4,6,8,12,17,19H,5,7,9-11,13H2,1-2H3/t17-,19+/m1/s1. The zero-order chi connectivity index (χ0) is 16.7. The highest BCUT2D eigenvalue weighted by molar-refractivity contribution is 5.85. The van der Waals surface area contributed by atoms with Crippen molar-refractivity contribution in [2.24, 2.45) is 0 Å². The fraction of sp³-hybridized carbons (Fsp3) is 0.500. The number of benzene rings is 1. The Balaban J connectivity index is 1.53. The first kappa shape index (κ1) is 15.4. The molecule has 0 bridgehead atoms. The summed E-state index contributed by atoms with van der Waals surface area (Å²) in [5, 5.41) is 4.58. The molecule has 1 aliphatic heterocycles. The van der Waals surface area contributed by atoms with Crippen LogP contribution in [-0.4, -0.2) is 33.2 Å². The number of likely N-dealkylation sites (tertiary alicyclic amines) is 1. The molecular formula is C20H25N3O. The fourth-order valence-electron chi connectivity index (χ4n) is 4.39. The van der Waals surface area contributed by atoms with E-state index < -0.39 is 0 Å². The predicted octanol–water partition coefficient (Wildman–Crippen LogP) is 3.22. The van der Waals surface area contributed by atoms with Crippen LogP contribution in [0.4, 0.5) is 0 Å². The lowest BCUT2D eigenvalue weighted by Gasteiger charge is -2.28. The van der Waals surface area contributed by atoms with E-state index >= 15 is 0 Å². The molecule has 126 valence electrons. The summed E-state index contributed by atoms with van der Waals surface area (Å²) in [5.41, 5.74) is 4.83. The molecule has 0 spiro atoms. The Kier molecular flexibility index (Phi) is 3.91. The minimum atomic E-state index is 0.0576. The Labute approximate surface area is 143 Å². The largest absolute Gasteiger partial charge is 0.337 e. The van der Waals surface area contributed by atoms with Crippen LogP contribution in [0.25, 0.3) is 0 Å². The lowest BCUT2D eigenvalue weighted by Crippen LogP contribution is -2.40. The molecule has 1 aromatic heterocycles. The second-order valence-electron chi connectivity index (χ2n) is 7.23. The average Bonchev–Trinajstić information content (AvgIpc) is 3.26.